The smallest absolute Gasteiger partial charge is 0.221 e. The number of ether oxygens (including phenoxy) is 1. The Labute approximate surface area is 193 Å². The molecule has 2 heterocycles. The van der Waals surface area contributed by atoms with Gasteiger partial charge in [0.25, 0.3) is 0 Å². The SMILES string of the molecule is [C-]#[N+]c1cccc(-c2ccc3c(c2)C2(CC(C4CCc5ccccc54)O3)N=C(N)N(C)O2)c1. The van der Waals surface area contributed by atoms with E-state index in [1.807, 2.05) is 36.4 Å². The summed E-state index contributed by atoms with van der Waals surface area (Å²) in [5, 5.41) is 1.54. The molecule has 2 aliphatic heterocycles. The number of rotatable bonds is 2. The van der Waals surface area contributed by atoms with Crippen LogP contribution in [-0.2, 0) is 17.0 Å². The molecular formula is C27H24N4O2. The van der Waals surface area contributed by atoms with Crippen LogP contribution in [0.4, 0.5) is 5.69 Å². The summed E-state index contributed by atoms with van der Waals surface area (Å²) in [6.07, 6.45) is 2.62. The Morgan fingerprint density at radius 2 is 1.94 bits per heavy atom. The van der Waals surface area contributed by atoms with Crippen LogP contribution in [0.15, 0.2) is 71.7 Å². The second-order valence-electron chi connectivity index (χ2n) is 8.92. The van der Waals surface area contributed by atoms with E-state index < -0.39 is 5.72 Å². The van der Waals surface area contributed by atoms with Gasteiger partial charge in [-0.25, -0.2) is 19.7 Å². The van der Waals surface area contributed by atoms with Crippen LogP contribution in [0.25, 0.3) is 16.0 Å². The van der Waals surface area contributed by atoms with Crippen molar-refractivity contribution in [2.75, 3.05) is 7.05 Å². The van der Waals surface area contributed by atoms with Crippen molar-refractivity contribution >= 4 is 11.6 Å². The van der Waals surface area contributed by atoms with Crippen molar-refractivity contribution in [1.29, 1.82) is 0 Å². The standard InChI is InChI=1S/C27H24N4O2/c1-29-20-8-5-7-18(14-20)19-11-13-24-23(15-19)27(30-26(28)31(2)33-27)16-25(32-24)22-12-10-17-6-3-4-9-21(17)22/h3-9,11,13-15,22,25H,10,12,16H2,2H3,(H2,28,30). The lowest BCUT2D eigenvalue weighted by molar-refractivity contribution is -0.192. The molecule has 0 saturated carbocycles. The maximum atomic E-state index is 7.33. The highest BCUT2D eigenvalue weighted by atomic mass is 16.7. The van der Waals surface area contributed by atoms with Crippen molar-refractivity contribution in [1.82, 2.24) is 5.06 Å². The largest absolute Gasteiger partial charge is 0.489 e. The summed E-state index contributed by atoms with van der Waals surface area (Å²) in [5.41, 5.74) is 11.4. The summed E-state index contributed by atoms with van der Waals surface area (Å²) in [5.74, 6) is 1.41. The van der Waals surface area contributed by atoms with Gasteiger partial charge in [-0.1, -0.05) is 48.5 Å². The summed E-state index contributed by atoms with van der Waals surface area (Å²) < 4.78 is 6.61. The molecule has 3 unspecified atom stereocenters. The first-order valence-corrected chi connectivity index (χ1v) is 11.2. The van der Waals surface area contributed by atoms with Gasteiger partial charge >= 0.3 is 0 Å². The Kier molecular flexibility index (Phi) is 4.42. The van der Waals surface area contributed by atoms with Crippen LogP contribution in [0.1, 0.15) is 35.4 Å². The lowest BCUT2D eigenvalue weighted by Gasteiger charge is -2.39. The number of hydrogen-bond acceptors (Lipinski definition) is 5. The Hall–Kier alpha value is -3.82. The molecule has 0 fully saturated rings. The third-order valence-electron chi connectivity index (χ3n) is 7.00. The second kappa shape index (κ2) is 7.36. The van der Waals surface area contributed by atoms with E-state index >= 15 is 0 Å². The number of aliphatic imine (C=N–C) groups is 1. The predicted molar refractivity (Wildman–Crippen MR) is 127 cm³/mol. The number of aryl methyl sites for hydroxylation is 1. The normalized spacial score (nSPS) is 25.2. The van der Waals surface area contributed by atoms with Gasteiger partial charge in [0.2, 0.25) is 11.7 Å². The van der Waals surface area contributed by atoms with Gasteiger partial charge in [0, 0.05) is 19.4 Å². The predicted octanol–water partition coefficient (Wildman–Crippen LogP) is 5.13. The van der Waals surface area contributed by atoms with Gasteiger partial charge in [0.15, 0.2) is 5.69 Å². The van der Waals surface area contributed by atoms with Gasteiger partial charge in [-0.15, -0.1) is 0 Å². The minimum absolute atomic E-state index is 0.0690. The van der Waals surface area contributed by atoms with E-state index in [2.05, 4.69) is 35.2 Å². The molecule has 0 aromatic heterocycles. The fourth-order valence-electron chi connectivity index (χ4n) is 5.40. The molecule has 6 rings (SSSR count). The second-order valence-corrected chi connectivity index (χ2v) is 8.92. The van der Waals surface area contributed by atoms with Crippen LogP contribution in [-0.4, -0.2) is 24.2 Å². The molecule has 0 bridgehead atoms. The first-order chi connectivity index (χ1) is 16.1. The number of fused-ring (bicyclic) bond motifs is 3. The summed E-state index contributed by atoms with van der Waals surface area (Å²) in [4.78, 5) is 14.7. The minimum atomic E-state index is -0.929. The van der Waals surface area contributed by atoms with Crippen molar-refractivity contribution < 1.29 is 9.57 Å². The zero-order valence-electron chi connectivity index (χ0n) is 18.4. The average Bonchev–Trinajstić information content (AvgIpc) is 3.39. The number of hydrogen-bond donors (Lipinski definition) is 1. The Morgan fingerprint density at radius 1 is 1.09 bits per heavy atom. The van der Waals surface area contributed by atoms with Crippen LogP contribution in [0, 0.1) is 6.57 Å². The van der Waals surface area contributed by atoms with E-state index in [1.165, 1.54) is 11.1 Å². The minimum Gasteiger partial charge on any atom is -0.489 e. The number of nitrogens with zero attached hydrogens (tertiary/aromatic N) is 3. The maximum Gasteiger partial charge on any atom is 0.221 e. The van der Waals surface area contributed by atoms with Crippen molar-refractivity contribution in [3.8, 4) is 16.9 Å². The third-order valence-corrected chi connectivity index (χ3v) is 7.00. The van der Waals surface area contributed by atoms with E-state index in [4.69, 9.17) is 26.9 Å². The van der Waals surface area contributed by atoms with Crippen molar-refractivity contribution in [2.45, 2.75) is 37.0 Å². The van der Waals surface area contributed by atoms with E-state index in [1.54, 1.807) is 12.1 Å². The van der Waals surface area contributed by atoms with Crippen LogP contribution in [0.3, 0.4) is 0 Å². The lowest BCUT2D eigenvalue weighted by atomic mass is 9.84. The lowest BCUT2D eigenvalue weighted by Crippen LogP contribution is -2.41. The molecule has 0 saturated heterocycles. The van der Waals surface area contributed by atoms with Gasteiger partial charge in [-0.05, 0) is 53.3 Å². The number of benzene rings is 3. The van der Waals surface area contributed by atoms with Crippen LogP contribution in [0.2, 0.25) is 0 Å². The topological polar surface area (TPSA) is 64.4 Å². The van der Waals surface area contributed by atoms with Crippen molar-refractivity contribution in [3.63, 3.8) is 0 Å². The molecule has 164 valence electrons. The molecule has 3 aromatic rings. The fraction of sp³-hybridized carbons (Fsp3) is 0.259. The highest BCUT2D eigenvalue weighted by Gasteiger charge is 2.51. The molecule has 1 aliphatic carbocycles. The Balaban J connectivity index is 1.44. The zero-order chi connectivity index (χ0) is 22.6. The van der Waals surface area contributed by atoms with E-state index in [-0.39, 0.29) is 12.0 Å². The fourth-order valence-corrected chi connectivity index (χ4v) is 5.40. The van der Waals surface area contributed by atoms with Crippen LogP contribution < -0.4 is 10.5 Å². The third kappa shape index (κ3) is 3.16. The Morgan fingerprint density at radius 3 is 2.76 bits per heavy atom. The molecular weight excluding hydrogens is 412 g/mol. The highest BCUT2D eigenvalue weighted by Crippen LogP contribution is 2.51. The summed E-state index contributed by atoms with van der Waals surface area (Å²) in [7, 11) is 1.78. The van der Waals surface area contributed by atoms with Crippen LogP contribution >= 0.6 is 0 Å². The quantitative estimate of drug-likeness (QED) is 0.566. The van der Waals surface area contributed by atoms with E-state index in [9.17, 15) is 0 Å². The highest BCUT2D eigenvalue weighted by molar-refractivity contribution is 5.79. The van der Waals surface area contributed by atoms with Gasteiger partial charge in [0.05, 0.1) is 12.1 Å². The van der Waals surface area contributed by atoms with Gasteiger partial charge in [-0.2, -0.15) is 0 Å². The molecule has 6 heteroatoms. The Bertz CT molecular complexity index is 1330. The molecule has 1 spiro atoms. The van der Waals surface area contributed by atoms with Crippen molar-refractivity contribution in [2.24, 2.45) is 10.7 Å². The van der Waals surface area contributed by atoms with Crippen LogP contribution in [0.5, 0.6) is 5.75 Å². The summed E-state index contributed by atoms with van der Waals surface area (Å²) >= 11 is 0. The monoisotopic (exact) mass is 436 g/mol. The zero-order valence-corrected chi connectivity index (χ0v) is 18.4. The van der Waals surface area contributed by atoms with Gasteiger partial charge in [0.1, 0.15) is 11.9 Å². The summed E-state index contributed by atoms with van der Waals surface area (Å²) in [6.45, 7) is 7.33. The number of guanidine groups is 1. The molecule has 33 heavy (non-hydrogen) atoms. The first-order valence-electron chi connectivity index (χ1n) is 11.2. The molecule has 0 amide bonds. The first kappa shape index (κ1) is 19.8. The summed E-state index contributed by atoms with van der Waals surface area (Å²) in [6, 6.07) is 22.3. The van der Waals surface area contributed by atoms with Crippen molar-refractivity contribution in [3.05, 3.63) is 94.8 Å². The molecule has 3 aromatic carbocycles. The van der Waals surface area contributed by atoms with E-state index in [0.717, 1.165) is 35.3 Å². The van der Waals surface area contributed by atoms with Gasteiger partial charge in [-0.3, -0.25) is 0 Å². The molecule has 2 N–H and O–H groups in total. The molecule has 0 radical (unpaired) electrons. The molecule has 3 aliphatic rings. The van der Waals surface area contributed by atoms with Gasteiger partial charge < -0.3 is 10.5 Å². The van der Waals surface area contributed by atoms with E-state index in [0.29, 0.717) is 18.1 Å². The maximum absolute atomic E-state index is 7.33. The number of hydroxylamine groups is 2. The average molecular weight is 437 g/mol. The molecule has 6 nitrogen and oxygen atoms in total. The number of nitrogens with two attached hydrogens (primary N) is 1. The molecule has 3 atom stereocenters.